The number of aliphatic hydroxyl groups is 1. The van der Waals surface area contributed by atoms with Gasteiger partial charge in [-0.25, -0.2) is 0 Å². The van der Waals surface area contributed by atoms with Crippen molar-refractivity contribution in [3.05, 3.63) is 28.8 Å². The predicted octanol–water partition coefficient (Wildman–Crippen LogP) is 2.78. The maximum Gasteiger partial charge on any atom is 0.101 e. The number of anilines is 1. The van der Waals surface area contributed by atoms with E-state index in [1.54, 1.807) is 18.2 Å². The van der Waals surface area contributed by atoms with Gasteiger partial charge in [0.05, 0.1) is 11.3 Å². The summed E-state index contributed by atoms with van der Waals surface area (Å²) in [5.41, 5.74) is 1.33. The lowest BCUT2D eigenvalue weighted by atomic mass is 10.1. The Morgan fingerprint density at radius 2 is 2.31 bits per heavy atom. The number of nitrogens with one attached hydrogen (secondary N) is 1. The molecule has 0 saturated heterocycles. The van der Waals surface area contributed by atoms with E-state index in [-0.39, 0.29) is 12.6 Å². The Morgan fingerprint density at radius 1 is 1.56 bits per heavy atom. The zero-order valence-electron chi connectivity index (χ0n) is 9.20. The number of aliphatic hydroxyl groups excluding tert-OH is 1. The van der Waals surface area contributed by atoms with Crippen LogP contribution in [0.2, 0.25) is 5.02 Å². The minimum absolute atomic E-state index is 0.187. The van der Waals surface area contributed by atoms with Gasteiger partial charge >= 0.3 is 0 Å². The van der Waals surface area contributed by atoms with E-state index in [1.807, 2.05) is 6.92 Å². The molecule has 16 heavy (non-hydrogen) atoms. The number of hydrogen-bond donors (Lipinski definition) is 2. The van der Waals surface area contributed by atoms with Crippen LogP contribution in [0.5, 0.6) is 0 Å². The van der Waals surface area contributed by atoms with E-state index in [0.717, 1.165) is 18.5 Å². The van der Waals surface area contributed by atoms with Crippen LogP contribution in [0.25, 0.3) is 0 Å². The molecule has 0 bridgehead atoms. The minimum Gasteiger partial charge on any atom is -0.396 e. The Hall–Kier alpha value is -1.24. The highest BCUT2D eigenvalue weighted by Crippen LogP contribution is 2.21. The summed E-state index contributed by atoms with van der Waals surface area (Å²) < 4.78 is 0. The van der Waals surface area contributed by atoms with Crippen LogP contribution in [0.15, 0.2) is 18.2 Å². The van der Waals surface area contributed by atoms with E-state index in [9.17, 15) is 0 Å². The lowest BCUT2D eigenvalue weighted by Gasteiger charge is -2.15. The van der Waals surface area contributed by atoms with Gasteiger partial charge in [-0.3, -0.25) is 0 Å². The van der Waals surface area contributed by atoms with Gasteiger partial charge in [0, 0.05) is 17.7 Å². The van der Waals surface area contributed by atoms with E-state index in [2.05, 4.69) is 11.4 Å². The van der Waals surface area contributed by atoms with Crippen LogP contribution in [0.3, 0.4) is 0 Å². The van der Waals surface area contributed by atoms with Crippen LogP contribution in [0, 0.1) is 11.3 Å². The Balaban J connectivity index is 2.72. The fourth-order valence-electron chi connectivity index (χ4n) is 1.47. The summed E-state index contributed by atoms with van der Waals surface area (Å²) in [6.07, 6.45) is 1.60. The molecule has 0 amide bonds. The molecule has 0 aliphatic rings. The molecule has 0 radical (unpaired) electrons. The normalized spacial score (nSPS) is 11.9. The van der Waals surface area contributed by atoms with Crippen LogP contribution in [0.1, 0.15) is 25.3 Å². The van der Waals surface area contributed by atoms with Crippen molar-refractivity contribution in [1.82, 2.24) is 0 Å². The highest BCUT2D eigenvalue weighted by atomic mass is 35.5. The molecule has 4 heteroatoms. The van der Waals surface area contributed by atoms with Crippen molar-refractivity contribution in [3.8, 4) is 6.07 Å². The first-order chi connectivity index (χ1) is 7.67. The van der Waals surface area contributed by atoms with Gasteiger partial charge < -0.3 is 10.4 Å². The molecule has 1 unspecified atom stereocenters. The van der Waals surface area contributed by atoms with Gasteiger partial charge in [0.1, 0.15) is 6.07 Å². The molecule has 1 atom stereocenters. The fraction of sp³-hybridized carbons (Fsp3) is 0.417. The van der Waals surface area contributed by atoms with Crippen LogP contribution in [-0.4, -0.2) is 17.8 Å². The van der Waals surface area contributed by atoms with Crippen molar-refractivity contribution in [1.29, 1.82) is 5.26 Å². The largest absolute Gasteiger partial charge is 0.396 e. The van der Waals surface area contributed by atoms with Crippen molar-refractivity contribution >= 4 is 17.3 Å². The lowest BCUT2D eigenvalue weighted by Crippen LogP contribution is -2.16. The Morgan fingerprint density at radius 3 is 2.94 bits per heavy atom. The molecule has 2 N–H and O–H groups in total. The van der Waals surface area contributed by atoms with Gasteiger partial charge in [-0.05, 0) is 38.0 Å². The van der Waals surface area contributed by atoms with Crippen molar-refractivity contribution in [2.24, 2.45) is 0 Å². The zero-order valence-corrected chi connectivity index (χ0v) is 9.96. The molecule has 0 saturated carbocycles. The van der Waals surface area contributed by atoms with E-state index in [4.69, 9.17) is 22.0 Å². The summed E-state index contributed by atoms with van der Waals surface area (Å²) in [6, 6.07) is 7.46. The van der Waals surface area contributed by atoms with Crippen molar-refractivity contribution in [2.75, 3.05) is 11.9 Å². The average Bonchev–Trinajstić information content (AvgIpc) is 2.27. The van der Waals surface area contributed by atoms with Crippen molar-refractivity contribution in [3.63, 3.8) is 0 Å². The number of nitriles is 1. The SMILES string of the molecule is CC(CCCO)Nc1cc(Cl)ccc1C#N. The first-order valence-corrected chi connectivity index (χ1v) is 5.62. The summed E-state index contributed by atoms with van der Waals surface area (Å²) in [7, 11) is 0. The molecule has 1 rings (SSSR count). The second-order valence-corrected chi connectivity index (χ2v) is 4.15. The summed E-state index contributed by atoms with van der Waals surface area (Å²) in [4.78, 5) is 0. The molecule has 0 heterocycles. The quantitative estimate of drug-likeness (QED) is 0.830. The van der Waals surface area contributed by atoms with Gasteiger partial charge in [-0.2, -0.15) is 5.26 Å². The van der Waals surface area contributed by atoms with Gasteiger partial charge in [-0.1, -0.05) is 11.6 Å². The molecule has 3 nitrogen and oxygen atoms in total. The van der Waals surface area contributed by atoms with Gasteiger partial charge in [0.15, 0.2) is 0 Å². The maximum atomic E-state index is 8.93. The lowest BCUT2D eigenvalue weighted by molar-refractivity contribution is 0.282. The second kappa shape index (κ2) is 6.37. The van der Waals surface area contributed by atoms with Gasteiger partial charge in [0.2, 0.25) is 0 Å². The molecular weight excluding hydrogens is 224 g/mol. The topological polar surface area (TPSA) is 56.0 Å². The molecule has 0 aliphatic heterocycles. The zero-order chi connectivity index (χ0) is 12.0. The third-order valence-corrected chi connectivity index (χ3v) is 2.53. The Kier molecular flexibility index (Phi) is 5.10. The first kappa shape index (κ1) is 12.8. The minimum atomic E-state index is 0.187. The van der Waals surface area contributed by atoms with Crippen LogP contribution in [0.4, 0.5) is 5.69 Å². The second-order valence-electron chi connectivity index (χ2n) is 3.71. The number of hydrogen-bond acceptors (Lipinski definition) is 3. The molecule has 0 fully saturated rings. The first-order valence-electron chi connectivity index (χ1n) is 5.24. The Bertz CT molecular complexity index is 387. The highest BCUT2D eigenvalue weighted by molar-refractivity contribution is 6.30. The third-order valence-electron chi connectivity index (χ3n) is 2.30. The van der Waals surface area contributed by atoms with Crippen molar-refractivity contribution in [2.45, 2.75) is 25.8 Å². The third kappa shape index (κ3) is 3.73. The summed E-state index contributed by atoms with van der Waals surface area (Å²) in [5.74, 6) is 0. The molecule has 1 aromatic carbocycles. The number of nitrogens with zero attached hydrogens (tertiary/aromatic N) is 1. The smallest absolute Gasteiger partial charge is 0.101 e. The molecule has 0 aliphatic carbocycles. The van der Waals surface area contributed by atoms with Crippen LogP contribution in [-0.2, 0) is 0 Å². The molecule has 86 valence electrons. The molecule has 0 aromatic heterocycles. The maximum absolute atomic E-state index is 8.93. The fourth-order valence-corrected chi connectivity index (χ4v) is 1.64. The summed E-state index contributed by atoms with van der Waals surface area (Å²) in [6.45, 7) is 2.20. The summed E-state index contributed by atoms with van der Waals surface area (Å²) in [5, 5.41) is 21.5. The van der Waals surface area contributed by atoms with E-state index >= 15 is 0 Å². The van der Waals surface area contributed by atoms with Gasteiger partial charge in [-0.15, -0.1) is 0 Å². The van der Waals surface area contributed by atoms with E-state index in [1.165, 1.54) is 0 Å². The van der Waals surface area contributed by atoms with Gasteiger partial charge in [0.25, 0.3) is 0 Å². The van der Waals surface area contributed by atoms with E-state index < -0.39 is 0 Å². The number of benzene rings is 1. The van der Waals surface area contributed by atoms with Crippen LogP contribution >= 0.6 is 11.6 Å². The van der Waals surface area contributed by atoms with Crippen molar-refractivity contribution < 1.29 is 5.11 Å². The molecule has 0 spiro atoms. The van der Waals surface area contributed by atoms with E-state index in [0.29, 0.717) is 10.6 Å². The number of halogens is 1. The standard InChI is InChI=1S/C12H15ClN2O/c1-9(3-2-6-16)15-12-7-11(13)5-4-10(12)8-14/h4-5,7,9,15-16H,2-3,6H2,1H3. The highest BCUT2D eigenvalue weighted by Gasteiger charge is 2.06. The molecule has 1 aromatic rings. The Labute approximate surface area is 101 Å². The molecular formula is C12H15ClN2O. The average molecular weight is 239 g/mol. The monoisotopic (exact) mass is 238 g/mol. The predicted molar refractivity (Wildman–Crippen MR) is 65.6 cm³/mol. The number of rotatable bonds is 5. The van der Waals surface area contributed by atoms with Crippen LogP contribution < -0.4 is 5.32 Å². The summed E-state index contributed by atoms with van der Waals surface area (Å²) >= 11 is 5.87.